The highest BCUT2D eigenvalue weighted by Gasteiger charge is 2.12. The van der Waals surface area contributed by atoms with E-state index in [4.69, 9.17) is 4.42 Å². The first-order chi connectivity index (χ1) is 9.98. The number of anilines is 1. The molecule has 0 aliphatic heterocycles. The van der Waals surface area contributed by atoms with Gasteiger partial charge in [0.1, 0.15) is 0 Å². The van der Waals surface area contributed by atoms with Crippen molar-refractivity contribution in [1.29, 1.82) is 0 Å². The van der Waals surface area contributed by atoms with Crippen LogP contribution in [0.5, 0.6) is 0 Å². The summed E-state index contributed by atoms with van der Waals surface area (Å²) in [6, 6.07) is 8.83. The molecule has 0 saturated carbocycles. The summed E-state index contributed by atoms with van der Waals surface area (Å²) in [4.78, 5) is 0. The predicted molar refractivity (Wildman–Crippen MR) is 84.0 cm³/mol. The van der Waals surface area contributed by atoms with Gasteiger partial charge in [-0.15, -0.1) is 5.10 Å². The van der Waals surface area contributed by atoms with Gasteiger partial charge in [0, 0.05) is 12.1 Å². The monoisotopic (exact) mass is 288 g/mol. The summed E-state index contributed by atoms with van der Waals surface area (Å²) < 4.78 is 5.58. The maximum absolute atomic E-state index is 5.58. The first kappa shape index (κ1) is 15.5. The summed E-state index contributed by atoms with van der Waals surface area (Å²) in [6.45, 7) is 9.72. The highest BCUT2D eigenvalue weighted by molar-refractivity contribution is 5.30. The molecule has 114 valence electrons. The van der Waals surface area contributed by atoms with E-state index < -0.39 is 0 Å². The normalized spacial score (nSPS) is 11.6. The Kier molecular flexibility index (Phi) is 4.96. The molecule has 1 aromatic heterocycles. The third kappa shape index (κ3) is 4.86. The lowest BCUT2D eigenvalue weighted by molar-refractivity contribution is 0.383. The zero-order chi connectivity index (χ0) is 15.3. The van der Waals surface area contributed by atoms with Crippen molar-refractivity contribution in [2.24, 2.45) is 0 Å². The van der Waals surface area contributed by atoms with Crippen molar-refractivity contribution < 1.29 is 4.42 Å². The fourth-order valence-corrected chi connectivity index (χ4v) is 1.98. The summed E-state index contributed by atoms with van der Waals surface area (Å²) in [5.41, 5.74) is 2.62. The Morgan fingerprint density at radius 3 is 2.43 bits per heavy atom. The topological polar surface area (TPSA) is 63.0 Å². The Bertz CT molecular complexity index is 572. The number of nitrogens with zero attached hydrogens (tertiary/aromatic N) is 2. The van der Waals surface area contributed by atoms with E-state index in [0.29, 0.717) is 25.0 Å². The van der Waals surface area contributed by atoms with Gasteiger partial charge in [0.25, 0.3) is 0 Å². The van der Waals surface area contributed by atoms with E-state index in [-0.39, 0.29) is 5.54 Å². The minimum Gasteiger partial charge on any atom is -0.407 e. The fourth-order valence-electron chi connectivity index (χ4n) is 1.98. The minimum atomic E-state index is 0.0299. The van der Waals surface area contributed by atoms with Gasteiger partial charge in [-0.25, -0.2) is 0 Å². The molecular formula is C16H24N4O. The summed E-state index contributed by atoms with van der Waals surface area (Å²) in [5.74, 6) is 0.594. The van der Waals surface area contributed by atoms with E-state index in [1.807, 2.05) is 6.07 Å². The lowest BCUT2D eigenvalue weighted by Gasteiger charge is -2.18. The molecule has 0 bridgehead atoms. The number of rotatable bonds is 6. The molecule has 2 rings (SSSR count). The third-order valence-corrected chi connectivity index (χ3v) is 3.17. The van der Waals surface area contributed by atoms with Crippen LogP contribution >= 0.6 is 0 Å². The lowest BCUT2D eigenvalue weighted by atomic mass is 10.1. The van der Waals surface area contributed by atoms with Crippen LogP contribution in [-0.4, -0.2) is 15.7 Å². The van der Waals surface area contributed by atoms with Crippen molar-refractivity contribution in [3.8, 4) is 0 Å². The molecule has 1 aromatic carbocycles. The molecule has 2 N–H and O–H groups in total. The van der Waals surface area contributed by atoms with Crippen molar-refractivity contribution in [2.75, 3.05) is 5.32 Å². The van der Waals surface area contributed by atoms with Crippen LogP contribution in [0.4, 0.5) is 6.01 Å². The minimum absolute atomic E-state index is 0.0299. The summed E-state index contributed by atoms with van der Waals surface area (Å²) in [7, 11) is 0. The number of hydrogen-bond donors (Lipinski definition) is 2. The molecule has 5 nitrogen and oxygen atoms in total. The Labute approximate surface area is 126 Å². The van der Waals surface area contributed by atoms with Gasteiger partial charge >= 0.3 is 6.01 Å². The second kappa shape index (κ2) is 6.72. The van der Waals surface area contributed by atoms with Gasteiger partial charge < -0.3 is 15.1 Å². The molecule has 0 amide bonds. The molecule has 0 aliphatic rings. The van der Waals surface area contributed by atoms with Gasteiger partial charge in [-0.05, 0) is 38.3 Å². The van der Waals surface area contributed by atoms with Crippen LogP contribution < -0.4 is 10.6 Å². The number of benzene rings is 1. The summed E-state index contributed by atoms with van der Waals surface area (Å²) in [5, 5.41) is 14.6. The highest BCUT2D eigenvalue weighted by atomic mass is 16.4. The number of aromatic nitrogens is 2. The standard InChI is InChI=1S/C16H24N4O/c1-5-12-8-6-7-9-13(12)10-17-15-20-19-14(21-15)11-18-16(2,3)4/h6-9,18H,5,10-11H2,1-4H3,(H,17,20). The SMILES string of the molecule is CCc1ccccc1CNc1nnc(CNC(C)(C)C)o1. The van der Waals surface area contributed by atoms with Gasteiger partial charge in [0.15, 0.2) is 0 Å². The van der Waals surface area contributed by atoms with E-state index in [1.54, 1.807) is 0 Å². The number of hydrogen-bond acceptors (Lipinski definition) is 5. The second-order valence-corrected chi connectivity index (χ2v) is 6.08. The Balaban J connectivity index is 1.91. The number of aryl methyl sites for hydroxylation is 1. The zero-order valence-electron chi connectivity index (χ0n) is 13.2. The van der Waals surface area contributed by atoms with Crippen LogP contribution in [0, 0.1) is 0 Å². The predicted octanol–water partition coefficient (Wildman–Crippen LogP) is 3.13. The Morgan fingerprint density at radius 2 is 1.76 bits per heavy atom. The van der Waals surface area contributed by atoms with E-state index in [1.165, 1.54) is 11.1 Å². The van der Waals surface area contributed by atoms with Crippen molar-refractivity contribution >= 4 is 6.01 Å². The van der Waals surface area contributed by atoms with Gasteiger partial charge in [0.05, 0.1) is 6.54 Å². The van der Waals surface area contributed by atoms with Crippen molar-refractivity contribution in [1.82, 2.24) is 15.5 Å². The van der Waals surface area contributed by atoms with E-state index in [0.717, 1.165) is 6.42 Å². The maximum atomic E-state index is 5.58. The summed E-state index contributed by atoms with van der Waals surface area (Å²) in [6.07, 6.45) is 1.02. The molecule has 2 aromatic rings. The van der Waals surface area contributed by atoms with Crippen LogP contribution in [0.2, 0.25) is 0 Å². The molecule has 1 heterocycles. The van der Waals surface area contributed by atoms with Crippen LogP contribution in [-0.2, 0) is 19.5 Å². The molecule has 0 spiro atoms. The fraction of sp³-hybridized carbons (Fsp3) is 0.500. The van der Waals surface area contributed by atoms with E-state index >= 15 is 0 Å². The first-order valence-electron chi connectivity index (χ1n) is 7.36. The lowest BCUT2D eigenvalue weighted by Crippen LogP contribution is -2.35. The Morgan fingerprint density at radius 1 is 1.05 bits per heavy atom. The van der Waals surface area contributed by atoms with E-state index in [2.05, 4.69) is 66.7 Å². The third-order valence-electron chi connectivity index (χ3n) is 3.17. The van der Waals surface area contributed by atoms with Gasteiger partial charge in [-0.2, -0.15) is 0 Å². The molecule has 0 aliphatic carbocycles. The maximum Gasteiger partial charge on any atom is 0.315 e. The first-order valence-corrected chi connectivity index (χ1v) is 7.36. The van der Waals surface area contributed by atoms with Crippen LogP contribution in [0.25, 0.3) is 0 Å². The molecule has 0 radical (unpaired) electrons. The average molecular weight is 288 g/mol. The largest absolute Gasteiger partial charge is 0.407 e. The molecule has 0 unspecified atom stereocenters. The average Bonchev–Trinajstić information content (AvgIpc) is 2.90. The molecule has 21 heavy (non-hydrogen) atoms. The van der Waals surface area contributed by atoms with E-state index in [9.17, 15) is 0 Å². The van der Waals surface area contributed by atoms with Gasteiger partial charge in [-0.3, -0.25) is 0 Å². The Hall–Kier alpha value is -1.88. The van der Waals surface area contributed by atoms with Crippen LogP contribution in [0.1, 0.15) is 44.7 Å². The van der Waals surface area contributed by atoms with Crippen LogP contribution in [0.3, 0.4) is 0 Å². The number of nitrogens with one attached hydrogen (secondary N) is 2. The van der Waals surface area contributed by atoms with Crippen molar-refractivity contribution in [3.05, 3.63) is 41.3 Å². The molecule has 0 fully saturated rings. The van der Waals surface area contributed by atoms with Crippen molar-refractivity contribution in [2.45, 2.75) is 52.7 Å². The smallest absolute Gasteiger partial charge is 0.315 e. The second-order valence-electron chi connectivity index (χ2n) is 6.08. The quantitative estimate of drug-likeness (QED) is 0.855. The molecule has 5 heteroatoms. The van der Waals surface area contributed by atoms with Gasteiger partial charge in [0.2, 0.25) is 5.89 Å². The van der Waals surface area contributed by atoms with Crippen LogP contribution in [0.15, 0.2) is 28.7 Å². The molecular weight excluding hydrogens is 264 g/mol. The molecule has 0 atom stereocenters. The zero-order valence-corrected chi connectivity index (χ0v) is 13.2. The highest BCUT2D eigenvalue weighted by Crippen LogP contribution is 2.13. The van der Waals surface area contributed by atoms with Crippen molar-refractivity contribution in [3.63, 3.8) is 0 Å². The summed E-state index contributed by atoms with van der Waals surface area (Å²) >= 11 is 0. The van der Waals surface area contributed by atoms with Gasteiger partial charge in [-0.1, -0.05) is 36.3 Å². The molecule has 0 saturated heterocycles.